The number of aryl methyl sites for hydroxylation is 1. The number of amides is 3. The van der Waals surface area contributed by atoms with E-state index in [9.17, 15) is 14.4 Å². The van der Waals surface area contributed by atoms with E-state index in [1.165, 1.54) is 18.0 Å². The van der Waals surface area contributed by atoms with Crippen LogP contribution >= 0.6 is 11.6 Å². The second-order valence-electron chi connectivity index (χ2n) is 6.73. The second kappa shape index (κ2) is 8.53. The van der Waals surface area contributed by atoms with E-state index in [-0.39, 0.29) is 17.4 Å². The van der Waals surface area contributed by atoms with Crippen LogP contribution in [-0.4, -0.2) is 34.7 Å². The van der Waals surface area contributed by atoms with Gasteiger partial charge in [0.05, 0.1) is 12.2 Å². The molecule has 1 fully saturated rings. The first-order valence-corrected chi connectivity index (χ1v) is 9.64. The van der Waals surface area contributed by atoms with Gasteiger partial charge in [-0.05, 0) is 31.5 Å². The molecule has 2 atom stereocenters. The Balaban J connectivity index is 1.82. The maximum atomic E-state index is 12.8. The van der Waals surface area contributed by atoms with E-state index >= 15 is 0 Å². The van der Waals surface area contributed by atoms with Gasteiger partial charge in [-0.2, -0.15) is 0 Å². The van der Waals surface area contributed by atoms with Gasteiger partial charge in [-0.3, -0.25) is 19.8 Å². The molecule has 0 saturated carbocycles. The highest BCUT2D eigenvalue weighted by Crippen LogP contribution is 2.37. The number of carbonyl (C=O) groups is 3. The zero-order valence-corrected chi connectivity index (χ0v) is 17.1. The number of anilines is 1. The number of carbonyl (C=O) groups excluding carboxylic acids is 3. The van der Waals surface area contributed by atoms with Crippen LogP contribution in [0, 0.1) is 6.92 Å². The van der Waals surface area contributed by atoms with Gasteiger partial charge < -0.3 is 10.1 Å². The molecule has 2 aromatic rings. The normalized spacial score (nSPS) is 18.1. The summed E-state index contributed by atoms with van der Waals surface area (Å²) in [5.74, 6) is -0.807. The molecule has 0 spiro atoms. The van der Waals surface area contributed by atoms with E-state index in [1.807, 2.05) is 31.2 Å². The van der Waals surface area contributed by atoms with Crippen molar-refractivity contribution in [1.29, 1.82) is 0 Å². The Bertz CT molecular complexity index is 945. The third-order valence-corrected chi connectivity index (χ3v) is 4.94. The number of benzene rings is 2. The number of ether oxygens (including phenoxy) is 1. The maximum absolute atomic E-state index is 12.8. The molecule has 1 aliphatic heterocycles. The average Bonchev–Trinajstić information content (AvgIpc) is 2.68. The van der Waals surface area contributed by atoms with Crippen molar-refractivity contribution in [2.75, 3.05) is 11.9 Å². The van der Waals surface area contributed by atoms with Gasteiger partial charge in [0.15, 0.2) is 0 Å². The molecule has 1 heterocycles. The molecule has 0 unspecified atom stereocenters. The average molecular weight is 416 g/mol. The molecule has 7 nitrogen and oxygen atoms in total. The van der Waals surface area contributed by atoms with E-state index in [0.717, 1.165) is 11.1 Å². The Morgan fingerprint density at radius 1 is 1.17 bits per heavy atom. The van der Waals surface area contributed by atoms with Crippen LogP contribution in [0.25, 0.3) is 0 Å². The maximum Gasteiger partial charge on any atom is 0.273 e. The van der Waals surface area contributed by atoms with Crippen LogP contribution in [0.15, 0.2) is 42.5 Å². The lowest BCUT2D eigenvalue weighted by Gasteiger charge is -2.44. The number of hydrogen-bond acceptors (Lipinski definition) is 4. The van der Waals surface area contributed by atoms with Crippen LogP contribution in [-0.2, 0) is 9.59 Å². The van der Waals surface area contributed by atoms with Crippen LogP contribution in [0.2, 0.25) is 0 Å². The summed E-state index contributed by atoms with van der Waals surface area (Å²) < 4.78 is 5.54. The summed E-state index contributed by atoms with van der Waals surface area (Å²) in [4.78, 5) is 36.4. The fourth-order valence-electron chi connectivity index (χ4n) is 3.10. The Kier molecular flexibility index (Phi) is 6.08. The van der Waals surface area contributed by atoms with Crippen LogP contribution in [0.4, 0.5) is 5.69 Å². The van der Waals surface area contributed by atoms with Gasteiger partial charge in [0.25, 0.3) is 11.8 Å². The molecule has 0 aliphatic carbocycles. The van der Waals surface area contributed by atoms with Gasteiger partial charge in [0.1, 0.15) is 17.2 Å². The smallest absolute Gasteiger partial charge is 0.273 e. The molecule has 8 heteroatoms. The number of hydrogen-bond donors (Lipinski definition) is 2. The van der Waals surface area contributed by atoms with E-state index < -0.39 is 17.3 Å². The largest absolute Gasteiger partial charge is 0.493 e. The van der Waals surface area contributed by atoms with E-state index in [1.54, 1.807) is 19.1 Å². The van der Waals surface area contributed by atoms with Crippen molar-refractivity contribution in [3.05, 3.63) is 59.2 Å². The first-order chi connectivity index (χ1) is 13.8. The fourth-order valence-corrected chi connectivity index (χ4v) is 3.46. The molecule has 3 amide bonds. The Morgan fingerprint density at radius 2 is 1.86 bits per heavy atom. The fraction of sp³-hybridized carbons (Fsp3) is 0.286. The van der Waals surface area contributed by atoms with E-state index in [2.05, 4.69) is 10.7 Å². The number of nitrogens with zero attached hydrogens (tertiary/aromatic N) is 1. The third-order valence-electron chi connectivity index (χ3n) is 4.52. The lowest BCUT2D eigenvalue weighted by molar-refractivity contribution is -0.149. The number of alkyl halides is 1. The molecule has 152 valence electrons. The summed E-state index contributed by atoms with van der Waals surface area (Å²) in [6, 6.07) is 11.9. The van der Waals surface area contributed by atoms with Crippen LogP contribution in [0.1, 0.15) is 41.4 Å². The number of rotatable bonds is 6. The highest BCUT2D eigenvalue weighted by Gasteiger charge is 2.48. The highest BCUT2D eigenvalue weighted by atomic mass is 35.5. The van der Waals surface area contributed by atoms with Crippen LogP contribution in [0.3, 0.4) is 0 Å². The molecule has 29 heavy (non-hydrogen) atoms. The lowest BCUT2D eigenvalue weighted by atomic mass is 9.94. The van der Waals surface area contributed by atoms with E-state index in [4.69, 9.17) is 16.3 Å². The Hall–Kier alpha value is -3.06. The van der Waals surface area contributed by atoms with E-state index in [0.29, 0.717) is 18.0 Å². The third kappa shape index (κ3) is 4.35. The van der Waals surface area contributed by atoms with Crippen LogP contribution in [0.5, 0.6) is 5.75 Å². The first kappa shape index (κ1) is 20.7. The van der Waals surface area contributed by atoms with Gasteiger partial charge in [-0.15, -0.1) is 11.6 Å². The Labute approximate surface area is 173 Å². The molecule has 1 saturated heterocycles. The van der Waals surface area contributed by atoms with Crippen molar-refractivity contribution in [2.45, 2.75) is 32.2 Å². The van der Waals surface area contributed by atoms with Gasteiger partial charge in [0.2, 0.25) is 5.91 Å². The number of hydrazine groups is 1. The van der Waals surface area contributed by atoms with Gasteiger partial charge in [0, 0.05) is 18.7 Å². The molecule has 0 aromatic heterocycles. The molecular formula is C21H22ClN3O4. The predicted octanol–water partition coefficient (Wildman–Crippen LogP) is 3.19. The molecule has 2 N–H and O–H groups in total. The summed E-state index contributed by atoms with van der Waals surface area (Å²) >= 11 is 6.21. The SMILES string of the molecule is CCOc1cc(NC(C)=O)ccc1C(=O)NN1C(=O)[C@H](Cl)[C@@H]1c1ccc(C)cc1. The molecular weight excluding hydrogens is 394 g/mol. The zero-order chi connectivity index (χ0) is 21.1. The molecule has 0 radical (unpaired) electrons. The summed E-state index contributed by atoms with van der Waals surface area (Å²) in [5.41, 5.74) is 5.30. The molecule has 1 aliphatic rings. The summed E-state index contributed by atoms with van der Waals surface area (Å²) in [6.45, 7) is 5.48. The molecule has 2 aromatic carbocycles. The van der Waals surface area contributed by atoms with Crippen molar-refractivity contribution in [1.82, 2.24) is 10.4 Å². The minimum atomic E-state index is -0.744. The molecule has 3 rings (SSSR count). The van der Waals surface area contributed by atoms with Gasteiger partial charge in [-0.1, -0.05) is 29.8 Å². The minimum absolute atomic E-state index is 0.232. The van der Waals surface area contributed by atoms with Crippen LogP contribution < -0.4 is 15.5 Å². The first-order valence-electron chi connectivity index (χ1n) is 9.21. The highest BCUT2D eigenvalue weighted by molar-refractivity contribution is 6.33. The number of β-lactam (4-membered cyclic amide) rings is 1. The van der Waals surface area contributed by atoms with Gasteiger partial charge >= 0.3 is 0 Å². The van der Waals surface area contributed by atoms with Crippen molar-refractivity contribution < 1.29 is 19.1 Å². The Morgan fingerprint density at radius 3 is 2.48 bits per heavy atom. The lowest BCUT2D eigenvalue weighted by Crippen LogP contribution is -2.63. The summed E-state index contributed by atoms with van der Waals surface area (Å²) in [6.07, 6.45) is 0. The summed E-state index contributed by atoms with van der Waals surface area (Å²) in [5, 5.41) is 3.14. The predicted molar refractivity (Wildman–Crippen MR) is 110 cm³/mol. The zero-order valence-electron chi connectivity index (χ0n) is 16.4. The van der Waals surface area contributed by atoms with Crippen molar-refractivity contribution in [3.8, 4) is 5.75 Å². The van der Waals surface area contributed by atoms with Crippen molar-refractivity contribution in [3.63, 3.8) is 0 Å². The van der Waals surface area contributed by atoms with Crippen molar-refractivity contribution in [2.24, 2.45) is 0 Å². The minimum Gasteiger partial charge on any atom is -0.493 e. The standard InChI is InChI=1S/C21H22ClN3O4/c1-4-29-17-11-15(23-13(3)26)9-10-16(17)20(27)24-25-19(18(22)21(25)28)14-7-5-12(2)6-8-14/h5-11,18-19H,4H2,1-3H3,(H,23,26)(H,24,27)/t18-,19+/m1/s1. The monoisotopic (exact) mass is 415 g/mol. The number of nitrogens with one attached hydrogen (secondary N) is 2. The number of halogens is 1. The quantitative estimate of drug-likeness (QED) is 0.560. The van der Waals surface area contributed by atoms with Gasteiger partial charge in [-0.25, -0.2) is 5.01 Å². The van der Waals surface area contributed by atoms with Crippen molar-refractivity contribution >= 4 is 35.0 Å². The topological polar surface area (TPSA) is 87.7 Å². The second-order valence-corrected chi connectivity index (χ2v) is 7.20. The molecule has 0 bridgehead atoms. The summed E-state index contributed by atoms with van der Waals surface area (Å²) in [7, 11) is 0.